The molecule has 2 aliphatic rings. The minimum absolute atomic E-state index is 0. The van der Waals surface area contributed by atoms with Gasteiger partial charge in [-0.25, -0.2) is 4.39 Å². The first-order valence-electron chi connectivity index (χ1n) is 8.96. The summed E-state index contributed by atoms with van der Waals surface area (Å²) in [6.45, 7) is 4.84. The molecule has 1 saturated carbocycles. The summed E-state index contributed by atoms with van der Waals surface area (Å²) in [4.78, 5) is 4.72. The van der Waals surface area contributed by atoms with Gasteiger partial charge in [0.2, 0.25) is 0 Å². The second-order valence-electron chi connectivity index (χ2n) is 7.34. The van der Waals surface area contributed by atoms with Crippen molar-refractivity contribution in [3.05, 3.63) is 35.6 Å². The van der Waals surface area contributed by atoms with Crippen LogP contribution in [0.25, 0.3) is 0 Å². The topological polar surface area (TPSA) is 26.7 Å². The highest BCUT2D eigenvalue weighted by Gasteiger charge is 2.40. The number of hydrogen-bond acceptors (Lipinski definition) is 3. The zero-order valence-corrected chi connectivity index (χ0v) is 16.6. The van der Waals surface area contributed by atoms with E-state index in [1.54, 1.807) is 6.07 Å². The van der Waals surface area contributed by atoms with E-state index in [2.05, 4.69) is 16.8 Å². The van der Waals surface area contributed by atoms with Crippen molar-refractivity contribution in [2.75, 3.05) is 39.8 Å². The van der Waals surface area contributed by atoms with Crippen molar-refractivity contribution < 1.29 is 9.50 Å². The minimum atomic E-state index is -0.760. The largest absolute Gasteiger partial charge is 0.389 e. The van der Waals surface area contributed by atoms with Gasteiger partial charge in [0.25, 0.3) is 0 Å². The molecule has 1 aromatic carbocycles. The van der Waals surface area contributed by atoms with Crippen LogP contribution in [0.3, 0.4) is 0 Å². The summed E-state index contributed by atoms with van der Waals surface area (Å²) < 4.78 is 14.4. The molecule has 1 heterocycles. The van der Waals surface area contributed by atoms with Crippen LogP contribution in [-0.4, -0.2) is 60.3 Å². The van der Waals surface area contributed by atoms with E-state index in [0.717, 1.165) is 58.4 Å². The lowest BCUT2D eigenvalue weighted by Crippen LogP contribution is -2.50. The molecule has 0 aromatic heterocycles. The molecule has 0 spiro atoms. The van der Waals surface area contributed by atoms with Gasteiger partial charge in [0.1, 0.15) is 5.82 Å². The van der Waals surface area contributed by atoms with Crippen LogP contribution in [-0.2, 0) is 0 Å². The summed E-state index contributed by atoms with van der Waals surface area (Å²) in [6, 6.07) is 7.01. The Hall–Kier alpha value is -0.390. The molecule has 6 heteroatoms. The fourth-order valence-corrected chi connectivity index (χ4v) is 4.12. The van der Waals surface area contributed by atoms with Crippen LogP contribution in [0.1, 0.15) is 43.6 Å². The summed E-state index contributed by atoms with van der Waals surface area (Å²) in [5.41, 5.74) is -0.0695. The number of halogens is 3. The summed E-state index contributed by atoms with van der Waals surface area (Å²) in [5, 5.41) is 11.3. The maximum Gasteiger partial charge on any atom is 0.126 e. The molecule has 1 atom stereocenters. The maximum absolute atomic E-state index is 14.4. The van der Waals surface area contributed by atoms with Crippen LogP contribution in [0.4, 0.5) is 4.39 Å². The summed E-state index contributed by atoms with van der Waals surface area (Å²) in [7, 11) is 2.14. The molecule has 0 bridgehead atoms. The molecule has 1 saturated heterocycles. The Morgan fingerprint density at radius 3 is 2.24 bits per heavy atom. The second-order valence-corrected chi connectivity index (χ2v) is 7.34. The lowest BCUT2D eigenvalue weighted by atomic mass is 9.72. The van der Waals surface area contributed by atoms with Crippen molar-refractivity contribution in [1.29, 1.82) is 0 Å². The molecule has 2 fully saturated rings. The highest BCUT2D eigenvalue weighted by atomic mass is 35.5. The number of nitrogens with zero attached hydrogens (tertiary/aromatic N) is 2. The van der Waals surface area contributed by atoms with Crippen LogP contribution < -0.4 is 0 Å². The van der Waals surface area contributed by atoms with E-state index in [1.165, 1.54) is 12.5 Å². The fraction of sp³-hybridized carbons (Fsp3) is 0.684. The van der Waals surface area contributed by atoms with Gasteiger partial charge in [-0.15, -0.1) is 24.8 Å². The molecule has 1 aliphatic heterocycles. The van der Waals surface area contributed by atoms with Gasteiger partial charge in [0, 0.05) is 38.6 Å². The zero-order chi connectivity index (χ0) is 16.3. The molecule has 1 unspecified atom stereocenters. The summed E-state index contributed by atoms with van der Waals surface area (Å²) in [6.07, 6.45) is 4.86. The van der Waals surface area contributed by atoms with E-state index in [4.69, 9.17) is 0 Å². The van der Waals surface area contributed by atoms with Crippen molar-refractivity contribution in [1.82, 2.24) is 9.80 Å². The van der Waals surface area contributed by atoms with E-state index in [-0.39, 0.29) is 36.5 Å². The Balaban J connectivity index is 0.00000156. The first-order valence-corrected chi connectivity index (χ1v) is 8.96. The number of rotatable bonds is 4. The van der Waals surface area contributed by atoms with Gasteiger partial charge >= 0.3 is 0 Å². The first kappa shape index (κ1) is 22.7. The lowest BCUT2D eigenvalue weighted by molar-refractivity contribution is -0.0346. The summed E-state index contributed by atoms with van der Waals surface area (Å²) >= 11 is 0. The van der Waals surface area contributed by atoms with Crippen LogP contribution in [0.15, 0.2) is 24.3 Å². The Morgan fingerprint density at radius 1 is 1.04 bits per heavy atom. The molecule has 0 amide bonds. The zero-order valence-electron chi connectivity index (χ0n) is 15.0. The number of aliphatic hydroxyl groups is 1. The quantitative estimate of drug-likeness (QED) is 0.845. The number of benzene rings is 1. The lowest BCUT2D eigenvalue weighted by Gasteiger charge is -2.43. The van der Waals surface area contributed by atoms with Crippen LogP contribution in [0.5, 0.6) is 0 Å². The van der Waals surface area contributed by atoms with E-state index >= 15 is 0 Å². The summed E-state index contributed by atoms with van der Waals surface area (Å²) in [5.74, 6) is -0.307. The highest BCUT2D eigenvalue weighted by molar-refractivity contribution is 5.85. The smallest absolute Gasteiger partial charge is 0.126 e. The van der Waals surface area contributed by atoms with Gasteiger partial charge in [-0.05, 0) is 31.5 Å². The van der Waals surface area contributed by atoms with Crippen LogP contribution in [0.2, 0.25) is 0 Å². The Labute approximate surface area is 163 Å². The molecule has 25 heavy (non-hydrogen) atoms. The van der Waals surface area contributed by atoms with E-state index < -0.39 is 5.60 Å². The first-order chi connectivity index (χ1) is 11.1. The van der Waals surface area contributed by atoms with Crippen molar-refractivity contribution in [2.45, 2.75) is 43.6 Å². The Bertz CT molecular complexity index is 518. The molecule has 1 N–H and O–H groups in total. The third kappa shape index (κ3) is 5.54. The number of piperazine rings is 1. The number of hydrogen-bond donors (Lipinski definition) is 1. The van der Waals surface area contributed by atoms with E-state index in [0.29, 0.717) is 5.56 Å². The molecule has 1 aliphatic carbocycles. The molecular weight excluding hydrogens is 362 g/mol. The second kappa shape index (κ2) is 10.1. The van der Waals surface area contributed by atoms with Gasteiger partial charge in [-0.1, -0.05) is 37.5 Å². The predicted molar refractivity (Wildman–Crippen MR) is 106 cm³/mol. The standard InChI is InChI=1S/C19H29FN2O.2ClH/c1-21-11-13-22(14-12-21)15-17(16-7-3-4-8-18(16)20)19(23)9-5-2-6-10-19;;/h3-4,7-8,17,23H,2,5-6,9-15H2,1H3;2*1H. The van der Waals surface area contributed by atoms with Gasteiger partial charge in [0.15, 0.2) is 0 Å². The van der Waals surface area contributed by atoms with Crippen LogP contribution >= 0.6 is 24.8 Å². The average molecular weight is 393 g/mol. The van der Waals surface area contributed by atoms with Crippen molar-refractivity contribution in [3.8, 4) is 0 Å². The number of likely N-dealkylation sites (N-methyl/N-ethyl adjacent to an activating group) is 1. The SMILES string of the molecule is CN1CCN(CC(c2ccccc2F)C2(O)CCCCC2)CC1.Cl.Cl. The maximum atomic E-state index is 14.4. The molecular formula is C19H31Cl2FN2O. The predicted octanol–water partition coefficient (Wildman–Crippen LogP) is 3.70. The third-order valence-corrected chi connectivity index (χ3v) is 5.69. The molecule has 144 valence electrons. The molecule has 0 radical (unpaired) electrons. The normalized spacial score (nSPS) is 22.5. The fourth-order valence-electron chi connectivity index (χ4n) is 4.12. The Kier molecular flexibility index (Phi) is 9.13. The highest BCUT2D eigenvalue weighted by Crippen LogP contribution is 2.41. The van der Waals surface area contributed by atoms with E-state index in [9.17, 15) is 9.50 Å². The van der Waals surface area contributed by atoms with Gasteiger partial charge < -0.3 is 14.9 Å². The van der Waals surface area contributed by atoms with Crippen molar-refractivity contribution in [3.63, 3.8) is 0 Å². The van der Waals surface area contributed by atoms with Gasteiger partial charge in [0.05, 0.1) is 5.60 Å². The van der Waals surface area contributed by atoms with Crippen LogP contribution in [0, 0.1) is 5.82 Å². The molecule has 3 rings (SSSR count). The van der Waals surface area contributed by atoms with Crippen molar-refractivity contribution in [2.24, 2.45) is 0 Å². The third-order valence-electron chi connectivity index (χ3n) is 5.69. The van der Waals surface area contributed by atoms with E-state index in [1.807, 2.05) is 12.1 Å². The molecule has 1 aromatic rings. The minimum Gasteiger partial charge on any atom is -0.389 e. The monoisotopic (exact) mass is 392 g/mol. The molecule has 3 nitrogen and oxygen atoms in total. The average Bonchev–Trinajstić information content (AvgIpc) is 2.56. The van der Waals surface area contributed by atoms with Gasteiger partial charge in [-0.2, -0.15) is 0 Å². The van der Waals surface area contributed by atoms with Gasteiger partial charge in [-0.3, -0.25) is 0 Å². The van der Waals surface area contributed by atoms with Crippen molar-refractivity contribution >= 4 is 24.8 Å². The Morgan fingerprint density at radius 2 is 1.64 bits per heavy atom.